The van der Waals surface area contributed by atoms with Crippen LogP contribution in [0.25, 0.3) is 0 Å². The van der Waals surface area contributed by atoms with Gasteiger partial charge in [0.25, 0.3) is 0 Å². The molecular weight excluding hydrogens is 313 g/mol. The van der Waals surface area contributed by atoms with Gasteiger partial charge in [0.15, 0.2) is 0 Å². The first-order chi connectivity index (χ1) is 11.1. The average Bonchev–Trinajstić information content (AvgIpc) is 2.44. The summed E-state index contributed by atoms with van der Waals surface area (Å²) >= 11 is 0. The second-order valence-electron chi connectivity index (χ2n) is 7.20. The van der Waals surface area contributed by atoms with Crippen LogP contribution in [0.4, 0.5) is 9.18 Å². The van der Waals surface area contributed by atoms with Crippen LogP contribution in [0.5, 0.6) is 0 Å². The lowest BCUT2D eigenvalue weighted by molar-refractivity contribution is -0.136. The van der Waals surface area contributed by atoms with Crippen molar-refractivity contribution in [3.8, 4) is 0 Å². The molecule has 1 fully saturated rings. The Hall–Kier alpha value is -2.11. The molecule has 2 rings (SSSR count). The van der Waals surface area contributed by atoms with Crippen LogP contribution in [0.1, 0.15) is 50.7 Å². The van der Waals surface area contributed by atoms with Crippen molar-refractivity contribution in [2.75, 3.05) is 13.1 Å². The number of aliphatic carboxylic acids is 1. The first kappa shape index (κ1) is 18.2. The van der Waals surface area contributed by atoms with Crippen molar-refractivity contribution in [3.05, 3.63) is 35.1 Å². The number of ether oxygens (including phenoxy) is 1. The topological polar surface area (TPSA) is 66.8 Å². The van der Waals surface area contributed by atoms with Crippen LogP contribution in [0.15, 0.2) is 18.2 Å². The van der Waals surface area contributed by atoms with Crippen LogP contribution >= 0.6 is 0 Å². The minimum absolute atomic E-state index is 0.118. The predicted octanol–water partition coefficient (Wildman–Crippen LogP) is 3.57. The van der Waals surface area contributed by atoms with E-state index in [-0.39, 0.29) is 18.4 Å². The first-order valence-corrected chi connectivity index (χ1v) is 8.13. The van der Waals surface area contributed by atoms with Gasteiger partial charge in [-0.2, -0.15) is 0 Å². The van der Waals surface area contributed by atoms with Crippen molar-refractivity contribution < 1.29 is 23.8 Å². The molecule has 0 aliphatic carbocycles. The summed E-state index contributed by atoms with van der Waals surface area (Å²) < 4.78 is 19.1. The number of piperidine rings is 1. The van der Waals surface area contributed by atoms with Gasteiger partial charge in [-0.15, -0.1) is 0 Å². The molecule has 0 spiro atoms. The zero-order chi connectivity index (χ0) is 17.9. The van der Waals surface area contributed by atoms with Gasteiger partial charge in [-0.3, -0.25) is 4.79 Å². The molecule has 0 radical (unpaired) electrons. The summed E-state index contributed by atoms with van der Waals surface area (Å²) in [5.74, 6) is -1.28. The van der Waals surface area contributed by atoms with Crippen LogP contribution in [-0.4, -0.2) is 40.8 Å². The summed E-state index contributed by atoms with van der Waals surface area (Å²) in [6, 6.07) is 4.47. The number of carboxylic acids is 1. The second kappa shape index (κ2) is 7.20. The van der Waals surface area contributed by atoms with E-state index in [1.807, 2.05) is 20.8 Å². The van der Waals surface area contributed by atoms with E-state index in [2.05, 4.69) is 0 Å². The Morgan fingerprint density at radius 1 is 1.25 bits per heavy atom. The number of halogens is 1. The number of nitrogens with zero attached hydrogens (tertiary/aromatic N) is 1. The van der Waals surface area contributed by atoms with Crippen LogP contribution in [0.3, 0.4) is 0 Å². The Morgan fingerprint density at radius 3 is 2.42 bits per heavy atom. The van der Waals surface area contributed by atoms with Gasteiger partial charge in [0.2, 0.25) is 0 Å². The number of benzene rings is 1. The Bertz CT molecular complexity index is 616. The highest BCUT2D eigenvalue weighted by Crippen LogP contribution is 2.30. The third kappa shape index (κ3) is 5.22. The van der Waals surface area contributed by atoms with E-state index < -0.39 is 17.4 Å². The fourth-order valence-electron chi connectivity index (χ4n) is 2.91. The summed E-state index contributed by atoms with van der Waals surface area (Å²) in [7, 11) is 0. The second-order valence-corrected chi connectivity index (χ2v) is 7.20. The molecule has 1 N–H and O–H groups in total. The molecule has 0 unspecified atom stereocenters. The number of likely N-dealkylation sites (tertiary alicyclic amines) is 1. The van der Waals surface area contributed by atoms with Crippen molar-refractivity contribution in [2.45, 2.75) is 51.6 Å². The summed E-state index contributed by atoms with van der Waals surface area (Å²) in [4.78, 5) is 24.5. The molecule has 1 heterocycles. The lowest BCUT2D eigenvalue weighted by Gasteiger charge is -2.33. The predicted molar refractivity (Wildman–Crippen MR) is 87.5 cm³/mol. The smallest absolute Gasteiger partial charge is 0.410 e. The average molecular weight is 337 g/mol. The third-order valence-corrected chi connectivity index (χ3v) is 3.95. The molecule has 1 amide bonds. The number of hydrogen-bond donors (Lipinski definition) is 1. The maximum Gasteiger partial charge on any atom is 0.410 e. The van der Waals surface area contributed by atoms with E-state index in [1.54, 1.807) is 11.0 Å². The fraction of sp³-hybridized carbons (Fsp3) is 0.556. The van der Waals surface area contributed by atoms with E-state index in [0.717, 1.165) is 5.56 Å². The van der Waals surface area contributed by atoms with Crippen molar-refractivity contribution >= 4 is 12.1 Å². The molecule has 132 valence electrons. The minimum atomic E-state index is -0.980. The highest BCUT2D eigenvalue weighted by atomic mass is 19.1. The molecule has 0 saturated carbocycles. The Kier molecular flexibility index (Phi) is 5.47. The largest absolute Gasteiger partial charge is 0.481 e. The van der Waals surface area contributed by atoms with Gasteiger partial charge in [0, 0.05) is 13.1 Å². The van der Waals surface area contributed by atoms with Crippen LogP contribution in [-0.2, 0) is 16.0 Å². The molecule has 1 aromatic carbocycles. The SMILES string of the molecule is CC(C)(C)OC(=O)N1CCC(c2cc(F)cc(CC(=O)O)c2)CC1. The number of amides is 1. The number of hydrogen-bond acceptors (Lipinski definition) is 3. The Balaban J connectivity index is 2.00. The zero-order valence-electron chi connectivity index (χ0n) is 14.3. The van der Waals surface area contributed by atoms with E-state index in [4.69, 9.17) is 9.84 Å². The lowest BCUT2D eigenvalue weighted by atomic mass is 9.88. The maximum absolute atomic E-state index is 13.7. The molecular formula is C18H24FNO4. The highest BCUT2D eigenvalue weighted by molar-refractivity contribution is 5.70. The van der Waals surface area contributed by atoms with Gasteiger partial charge in [-0.05, 0) is 62.8 Å². The number of carbonyl (C=O) groups excluding carboxylic acids is 1. The minimum Gasteiger partial charge on any atom is -0.481 e. The summed E-state index contributed by atoms with van der Waals surface area (Å²) in [6.07, 6.45) is 0.887. The molecule has 1 aromatic rings. The fourth-order valence-corrected chi connectivity index (χ4v) is 2.91. The third-order valence-electron chi connectivity index (χ3n) is 3.95. The molecule has 1 aliphatic rings. The zero-order valence-corrected chi connectivity index (χ0v) is 14.3. The summed E-state index contributed by atoms with van der Waals surface area (Å²) in [5.41, 5.74) is 0.740. The molecule has 1 aliphatic heterocycles. The molecule has 0 aromatic heterocycles. The van der Waals surface area contributed by atoms with Gasteiger partial charge in [0.1, 0.15) is 11.4 Å². The Morgan fingerprint density at radius 2 is 1.88 bits per heavy atom. The lowest BCUT2D eigenvalue weighted by Crippen LogP contribution is -2.41. The summed E-state index contributed by atoms with van der Waals surface area (Å²) in [5, 5.41) is 8.87. The standard InChI is InChI=1S/C18H24FNO4/c1-18(2,3)24-17(23)20-6-4-13(5-7-20)14-8-12(10-16(21)22)9-15(19)11-14/h8-9,11,13H,4-7,10H2,1-3H3,(H,21,22). The monoisotopic (exact) mass is 337 g/mol. The Labute approximate surface area is 141 Å². The van der Waals surface area contributed by atoms with E-state index in [1.165, 1.54) is 12.1 Å². The van der Waals surface area contributed by atoms with E-state index in [9.17, 15) is 14.0 Å². The highest BCUT2D eigenvalue weighted by Gasteiger charge is 2.27. The van der Waals surface area contributed by atoms with Crippen molar-refractivity contribution in [2.24, 2.45) is 0 Å². The number of carbonyl (C=O) groups is 2. The van der Waals surface area contributed by atoms with Gasteiger partial charge < -0.3 is 14.7 Å². The summed E-state index contributed by atoms with van der Waals surface area (Å²) in [6.45, 7) is 6.58. The molecule has 6 heteroatoms. The van der Waals surface area contributed by atoms with Crippen LogP contribution in [0.2, 0.25) is 0 Å². The van der Waals surface area contributed by atoms with Crippen molar-refractivity contribution in [3.63, 3.8) is 0 Å². The molecule has 0 atom stereocenters. The van der Waals surface area contributed by atoms with Gasteiger partial charge in [0.05, 0.1) is 6.42 Å². The normalized spacial score (nSPS) is 16.1. The van der Waals surface area contributed by atoms with Gasteiger partial charge in [-0.1, -0.05) is 6.07 Å². The quantitative estimate of drug-likeness (QED) is 0.916. The van der Waals surface area contributed by atoms with Crippen molar-refractivity contribution in [1.82, 2.24) is 4.90 Å². The molecule has 0 bridgehead atoms. The van der Waals surface area contributed by atoms with Crippen LogP contribution in [0, 0.1) is 5.82 Å². The number of rotatable bonds is 3. The van der Waals surface area contributed by atoms with Gasteiger partial charge in [-0.25, -0.2) is 9.18 Å². The molecule has 1 saturated heterocycles. The molecule has 5 nitrogen and oxygen atoms in total. The first-order valence-electron chi connectivity index (χ1n) is 8.13. The van der Waals surface area contributed by atoms with Crippen LogP contribution < -0.4 is 0 Å². The van der Waals surface area contributed by atoms with E-state index >= 15 is 0 Å². The van der Waals surface area contributed by atoms with E-state index in [0.29, 0.717) is 31.5 Å². The molecule has 24 heavy (non-hydrogen) atoms. The number of carboxylic acid groups (broad SMARTS) is 1. The maximum atomic E-state index is 13.7. The van der Waals surface area contributed by atoms with Crippen molar-refractivity contribution in [1.29, 1.82) is 0 Å². The van der Waals surface area contributed by atoms with Gasteiger partial charge >= 0.3 is 12.1 Å².